The van der Waals surface area contributed by atoms with Gasteiger partial charge in [-0.3, -0.25) is 4.79 Å². The van der Waals surface area contributed by atoms with Crippen LogP contribution < -0.4 is 20.5 Å². The van der Waals surface area contributed by atoms with Crippen LogP contribution in [0, 0.1) is 0 Å². The molecule has 0 bridgehead atoms. The van der Waals surface area contributed by atoms with Gasteiger partial charge in [0.05, 0.1) is 31.5 Å². The van der Waals surface area contributed by atoms with E-state index in [9.17, 15) is 4.79 Å². The van der Waals surface area contributed by atoms with E-state index < -0.39 is 0 Å². The molecule has 108 valence electrons. The van der Waals surface area contributed by atoms with E-state index in [-0.39, 0.29) is 18.8 Å². The Hall–Kier alpha value is -1.99. The third-order valence-electron chi connectivity index (χ3n) is 3.16. The van der Waals surface area contributed by atoms with Gasteiger partial charge in [0.15, 0.2) is 11.5 Å². The topological polar surface area (TPSA) is 92.0 Å². The molecule has 1 fully saturated rings. The van der Waals surface area contributed by atoms with Crippen LogP contribution in [0.25, 0.3) is 0 Å². The number of benzene rings is 1. The van der Waals surface area contributed by atoms with Crippen LogP contribution in [-0.2, 0) is 9.47 Å². The van der Waals surface area contributed by atoms with E-state index in [1.54, 1.807) is 12.1 Å². The molecule has 1 aromatic carbocycles. The molecular weight excluding hydrogens is 264 g/mol. The summed E-state index contributed by atoms with van der Waals surface area (Å²) in [5, 5.41) is 2.78. The van der Waals surface area contributed by atoms with Crippen molar-refractivity contribution in [1.82, 2.24) is 5.32 Å². The van der Waals surface area contributed by atoms with Gasteiger partial charge in [0.2, 0.25) is 6.79 Å². The number of nitrogens with one attached hydrogen (secondary N) is 1. The molecule has 1 atom stereocenters. The largest absolute Gasteiger partial charge is 0.454 e. The summed E-state index contributed by atoms with van der Waals surface area (Å²) in [7, 11) is 0. The number of hydrogen-bond donors (Lipinski definition) is 2. The first-order valence-corrected chi connectivity index (χ1v) is 6.40. The maximum Gasteiger partial charge on any atom is 0.253 e. The normalized spacial score (nSPS) is 20.7. The first-order chi connectivity index (χ1) is 9.74. The maximum atomic E-state index is 12.1. The molecule has 7 heteroatoms. The molecule has 2 aliphatic rings. The van der Waals surface area contributed by atoms with Crippen molar-refractivity contribution >= 4 is 11.6 Å². The number of carbonyl (C=O) groups is 1. The number of nitrogens with two attached hydrogens (primary N) is 1. The molecule has 0 aliphatic carbocycles. The van der Waals surface area contributed by atoms with Gasteiger partial charge < -0.3 is 30.0 Å². The Labute approximate surface area is 115 Å². The van der Waals surface area contributed by atoms with E-state index in [1.165, 1.54) is 0 Å². The zero-order valence-corrected chi connectivity index (χ0v) is 10.9. The smallest absolute Gasteiger partial charge is 0.253 e. The third-order valence-corrected chi connectivity index (χ3v) is 3.16. The van der Waals surface area contributed by atoms with Gasteiger partial charge in [0.25, 0.3) is 5.91 Å². The lowest BCUT2D eigenvalue weighted by Gasteiger charge is -2.23. The minimum Gasteiger partial charge on any atom is -0.454 e. The van der Waals surface area contributed by atoms with Crippen molar-refractivity contribution in [2.45, 2.75) is 6.10 Å². The van der Waals surface area contributed by atoms with Crippen LogP contribution >= 0.6 is 0 Å². The van der Waals surface area contributed by atoms with Gasteiger partial charge in [-0.1, -0.05) is 0 Å². The molecule has 1 aromatic rings. The Balaban J connectivity index is 1.64. The van der Waals surface area contributed by atoms with Gasteiger partial charge in [0.1, 0.15) is 0 Å². The first-order valence-electron chi connectivity index (χ1n) is 6.40. The highest BCUT2D eigenvalue weighted by Crippen LogP contribution is 2.35. The molecule has 20 heavy (non-hydrogen) atoms. The predicted octanol–water partition coefficient (Wildman–Crippen LogP) is 0.143. The number of fused-ring (bicyclic) bond motifs is 1. The molecule has 1 amide bonds. The molecule has 1 unspecified atom stereocenters. The van der Waals surface area contributed by atoms with Crippen LogP contribution in [0.3, 0.4) is 0 Å². The molecule has 0 saturated carbocycles. The number of carbonyl (C=O) groups excluding carboxylic acids is 1. The van der Waals surface area contributed by atoms with Crippen molar-refractivity contribution < 1.29 is 23.7 Å². The Bertz CT molecular complexity index is 514. The second-order valence-corrected chi connectivity index (χ2v) is 4.57. The van der Waals surface area contributed by atoms with Gasteiger partial charge >= 0.3 is 0 Å². The van der Waals surface area contributed by atoms with Crippen molar-refractivity contribution in [3.05, 3.63) is 17.7 Å². The first kappa shape index (κ1) is 13.0. The third kappa shape index (κ3) is 2.63. The fourth-order valence-corrected chi connectivity index (χ4v) is 2.11. The van der Waals surface area contributed by atoms with Gasteiger partial charge in [0, 0.05) is 18.3 Å². The molecule has 1 saturated heterocycles. The van der Waals surface area contributed by atoms with Crippen LogP contribution in [-0.4, -0.2) is 45.2 Å². The summed E-state index contributed by atoms with van der Waals surface area (Å²) in [6.07, 6.45) is -0.122. The lowest BCUT2D eigenvalue weighted by molar-refractivity contribution is -0.0855. The Kier molecular flexibility index (Phi) is 3.62. The zero-order valence-electron chi connectivity index (χ0n) is 10.9. The van der Waals surface area contributed by atoms with E-state index in [4.69, 9.17) is 24.7 Å². The summed E-state index contributed by atoms with van der Waals surface area (Å²) in [5.74, 6) is 0.819. The van der Waals surface area contributed by atoms with Crippen molar-refractivity contribution in [2.75, 3.05) is 38.9 Å². The molecule has 2 heterocycles. The molecule has 3 N–H and O–H groups in total. The highest BCUT2D eigenvalue weighted by atomic mass is 16.7. The fourth-order valence-electron chi connectivity index (χ4n) is 2.11. The average Bonchev–Trinajstić information content (AvgIpc) is 2.92. The number of rotatable bonds is 3. The van der Waals surface area contributed by atoms with Crippen molar-refractivity contribution in [3.63, 3.8) is 0 Å². The van der Waals surface area contributed by atoms with Crippen molar-refractivity contribution in [2.24, 2.45) is 0 Å². The number of nitrogen functional groups attached to an aromatic ring is 1. The van der Waals surface area contributed by atoms with Crippen molar-refractivity contribution in [1.29, 1.82) is 0 Å². The highest BCUT2D eigenvalue weighted by molar-refractivity contribution is 6.00. The minimum absolute atomic E-state index is 0.122. The summed E-state index contributed by atoms with van der Waals surface area (Å²) in [5.41, 5.74) is 6.57. The highest BCUT2D eigenvalue weighted by Gasteiger charge is 2.21. The molecular formula is C13H16N2O5. The zero-order chi connectivity index (χ0) is 13.9. The summed E-state index contributed by atoms with van der Waals surface area (Å²) < 4.78 is 21.2. The van der Waals surface area contributed by atoms with Crippen molar-refractivity contribution in [3.8, 4) is 11.5 Å². The summed E-state index contributed by atoms with van der Waals surface area (Å²) in [6, 6.07) is 3.18. The second-order valence-electron chi connectivity index (χ2n) is 4.57. The number of anilines is 1. The molecule has 7 nitrogen and oxygen atoms in total. The minimum atomic E-state index is -0.269. The molecule has 2 aliphatic heterocycles. The Morgan fingerprint density at radius 3 is 2.85 bits per heavy atom. The molecule has 0 spiro atoms. The standard InChI is InChI=1S/C13H16N2O5/c14-10-4-12-11(19-7-20-12)3-9(10)13(16)15-5-8-6-17-1-2-18-8/h3-4,8H,1-2,5-7,14H2,(H,15,16). The lowest BCUT2D eigenvalue weighted by atomic mass is 10.1. The van der Waals surface area contributed by atoms with Gasteiger partial charge in [-0.2, -0.15) is 0 Å². The number of amides is 1. The summed E-state index contributed by atoms with van der Waals surface area (Å²) in [4.78, 5) is 12.1. The second kappa shape index (κ2) is 5.56. The monoisotopic (exact) mass is 280 g/mol. The molecule has 3 rings (SSSR count). The predicted molar refractivity (Wildman–Crippen MR) is 69.9 cm³/mol. The van der Waals surface area contributed by atoms with Gasteiger partial charge in [-0.05, 0) is 6.07 Å². The number of ether oxygens (including phenoxy) is 4. The van der Waals surface area contributed by atoms with Crippen LogP contribution in [0.15, 0.2) is 12.1 Å². The van der Waals surface area contributed by atoms with Gasteiger partial charge in [-0.25, -0.2) is 0 Å². The van der Waals surface area contributed by atoms with Crippen LogP contribution in [0.4, 0.5) is 5.69 Å². The number of hydrogen-bond acceptors (Lipinski definition) is 6. The molecule has 0 aromatic heterocycles. The van der Waals surface area contributed by atoms with E-state index in [0.717, 1.165) is 0 Å². The van der Waals surface area contributed by atoms with E-state index >= 15 is 0 Å². The lowest BCUT2D eigenvalue weighted by Crippen LogP contribution is -2.39. The SMILES string of the molecule is Nc1cc2c(cc1C(=O)NCC1COCCO1)OCO2. The summed E-state index contributed by atoms with van der Waals surface area (Å²) >= 11 is 0. The summed E-state index contributed by atoms with van der Waals surface area (Å²) in [6.45, 7) is 2.16. The maximum absolute atomic E-state index is 12.1. The van der Waals surface area contributed by atoms with E-state index in [2.05, 4.69) is 5.32 Å². The Morgan fingerprint density at radius 1 is 1.30 bits per heavy atom. The average molecular weight is 280 g/mol. The quantitative estimate of drug-likeness (QED) is 0.765. The van der Waals surface area contributed by atoms with E-state index in [0.29, 0.717) is 49.1 Å². The fraction of sp³-hybridized carbons (Fsp3) is 0.462. The Morgan fingerprint density at radius 2 is 2.10 bits per heavy atom. The van der Waals surface area contributed by atoms with Gasteiger partial charge in [-0.15, -0.1) is 0 Å². The van der Waals surface area contributed by atoms with Crippen LogP contribution in [0.1, 0.15) is 10.4 Å². The van der Waals surface area contributed by atoms with E-state index in [1.807, 2.05) is 0 Å². The van der Waals surface area contributed by atoms with Crippen LogP contribution in [0.5, 0.6) is 11.5 Å². The molecule has 0 radical (unpaired) electrons. The van der Waals surface area contributed by atoms with Crippen LogP contribution in [0.2, 0.25) is 0 Å².